The van der Waals surface area contributed by atoms with Crippen LogP contribution >= 0.6 is 23.5 Å². The summed E-state index contributed by atoms with van der Waals surface area (Å²) in [5.41, 5.74) is 2.19. The summed E-state index contributed by atoms with van der Waals surface area (Å²) in [6.07, 6.45) is 0.690. The summed E-state index contributed by atoms with van der Waals surface area (Å²) in [4.78, 5) is 26.7. The molecular formula is C24H30N6O2S2. The minimum atomic E-state index is -0.148. The lowest BCUT2D eigenvalue weighted by atomic mass is 9.99. The molecule has 8 nitrogen and oxygen atoms in total. The SMILES string of the molecule is CCN(CC)C(=O)CSc1nnc(SCC(=O)NC(Cc2ccccc2)c2ccccc2)n1N. The third-order valence-corrected chi connectivity index (χ3v) is 7.10. The Labute approximate surface area is 208 Å². The topological polar surface area (TPSA) is 106 Å². The number of amides is 2. The summed E-state index contributed by atoms with van der Waals surface area (Å²) in [5, 5.41) is 12.1. The first-order valence-corrected chi connectivity index (χ1v) is 13.1. The largest absolute Gasteiger partial charge is 0.348 e. The molecule has 0 saturated carbocycles. The molecule has 0 aliphatic heterocycles. The maximum atomic E-state index is 12.8. The first kappa shape index (κ1) is 25.6. The number of nitrogen functional groups attached to an aromatic ring is 1. The predicted octanol–water partition coefficient (Wildman–Crippen LogP) is 3.14. The number of aromatic nitrogens is 3. The van der Waals surface area contributed by atoms with E-state index in [-0.39, 0.29) is 29.4 Å². The van der Waals surface area contributed by atoms with Crippen molar-refractivity contribution in [2.75, 3.05) is 30.4 Å². The van der Waals surface area contributed by atoms with E-state index >= 15 is 0 Å². The third-order valence-electron chi connectivity index (χ3n) is 5.23. The van der Waals surface area contributed by atoms with Crippen LogP contribution in [-0.4, -0.2) is 56.2 Å². The van der Waals surface area contributed by atoms with Crippen molar-refractivity contribution in [1.82, 2.24) is 25.1 Å². The standard InChI is InChI=1S/C24H30N6O2S2/c1-3-29(4-2)22(32)17-34-24-28-27-23(30(24)25)33-16-21(31)26-20(19-13-9-6-10-14-19)15-18-11-7-5-8-12-18/h5-14,20H,3-4,15-17,25H2,1-2H3,(H,26,31). The lowest BCUT2D eigenvalue weighted by Crippen LogP contribution is -2.32. The highest BCUT2D eigenvalue weighted by atomic mass is 32.2. The van der Waals surface area contributed by atoms with Crippen molar-refractivity contribution >= 4 is 35.3 Å². The molecule has 0 radical (unpaired) electrons. The predicted molar refractivity (Wildman–Crippen MR) is 137 cm³/mol. The van der Waals surface area contributed by atoms with Crippen LogP contribution in [0.25, 0.3) is 0 Å². The normalized spacial score (nSPS) is 11.7. The smallest absolute Gasteiger partial charge is 0.233 e. The summed E-state index contributed by atoms with van der Waals surface area (Å²) in [5.74, 6) is 6.39. The van der Waals surface area contributed by atoms with Crippen molar-refractivity contribution in [3.8, 4) is 0 Å². The highest BCUT2D eigenvalue weighted by molar-refractivity contribution is 8.00. The number of nitrogens with two attached hydrogens (primary N) is 1. The molecule has 1 heterocycles. The molecule has 0 aliphatic carbocycles. The number of rotatable bonds is 12. The van der Waals surface area contributed by atoms with E-state index in [1.807, 2.05) is 62.4 Å². The molecule has 1 unspecified atom stereocenters. The summed E-state index contributed by atoms with van der Waals surface area (Å²) < 4.78 is 1.33. The van der Waals surface area contributed by atoms with Crippen LogP contribution in [0.3, 0.4) is 0 Å². The van der Waals surface area contributed by atoms with E-state index in [0.29, 0.717) is 29.8 Å². The summed E-state index contributed by atoms with van der Waals surface area (Å²) in [7, 11) is 0. The molecular weight excluding hydrogens is 468 g/mol. The molecule has 3 aromatic rings. The summed E-state index contributed by atoms with van der Waals surface area (Å²) in [6, 6.07) is 19.8. The van der Waals surface area contributed by atoms with Gasteiger partial charge in [0.15, 0.2) is 0 Å². The number of nitrogens with one attached hydrogen (secondary N) is 1. The Balaban J connectivity index is 1.57. The van der Waals surface area contributed by atoms with Gasteiger partial charge in [0, 0.05) is 13.1 Å². The van der Waals surface area contributed by atoms with Crippen LogP contribution in [0, 0.1) is 0 Å². The zero-order valence-corrected chi connectivity index (χ0v) is 21.0. The Hall–Kier alpha value is -2.98. The fourth-order valence-electron chi connectivity index (χ4n) is 3.41. The van der Waals surface area contributed by atoms with Gasteiger partial charge in [-0.2, -0.15) is 0 Å². The van der Waals surface area contributed by atoms with E-state index in [9.17, 15) is 9.59 Å². The van der Waals surface area contributed by atoms with Gasteiger partial charge in [-0.15, -0.1) is 10.2 Å². The van der Waals surface area contributed by atoms with Gasteiger partial charge < -0.3 is 16.1 Å². The van der Waals surface area contributed by atoms with Gasteiger partial charge in [-0.05, 0) is 31.4 Å². The van der Waals surface area contributed by atoms with Gasteiger partial charge in [0.05, 0.1) is 17.5 Å². The number of carbonyl (C=O) groups is 2. The van der Waals surface area contributed by atoms with Crippen molar-refractivity contribution in [3.05, 3.63) is 71.8 Å². The van der Waals surface area contributed by atoms with E-state index in [0.717, 1.165) is 11.1 Å². The average molecular weight is 499 g/mol. The van der Waals surface area contributed by atoms with E-state index in [2.05, 4.69) is 27.6 Å². The van der Waals surface area contributed by atoms with E-state index in [1.165, 1.54) is 28.2 Å². The fraction of sp³-hybridized carbons (Fsp3) is 0.333. The molecule has 1 aromatic heterocycles. The number of carbonyl (C=O) groups excluding carboxylic acids is 2. The van der Waals surface area contributed by atoms with Crippen LogP contribution in [0.2, 0.25) is 0 Å². The van der Waals surface area contributed by atoms with Crippen molar-refractivity contribution in [1.29, 1.82) is 0 Å². The molecule has 3 rings (SSSR count). The lowest BCUT2D eigenvalue weighted by molar-refractivity contribution is -0.128. The number of hydrogen-bond donors (Lipinski definition) is 2. The first-order valence-electron chi connectivity index (χ1n) is 11.1. The van der Waals surface area contributed by atoms with Crippen molar-refractivity contribution in [3.63, 3.8) is 0 Å². The molecule has 2 amide bonds. The van der Waals surface area contributed by atoms with Gasteiger partial charge in [0.2, 0.25) is 22.1 Å². The van der Waals surface area contributed by atoms with Crippen LogP contribution in [0.5, 0.6) is 0 Å². The first-order chi connectivity index (χ1) is 16.5. The van der Waals surface area contributed by atoms with Gasteiger partial charge in [0.25, 0.3) is 0 Å². The lowest BCUT2D eigenvalue weighted by Gasteiger charge is -2.19. The minimum Gasteiger partial charge on any atom is -0.348 e. The highest BCUT2D eigenvalue weighted by Gasteiger charge is 2.18. The van der Waals surface area contributed by atoms with E-state index in [1.54, 1.807) is 4.90 Å². The Bertz CT molecular complexity index is 1060. The Morgan fingerprint density at radius 3 is 2.09 bits per heavy atom. The summed E-state index contributed by atoms with van der Waals surface area (Å²) in [6.45, 7) is 5.21. The highest BCUT2D eigenvalue weighted by Crippen LogP contribution is 2.22. The molecule has 1 atom stereocenters. The average Bonchev–Trinajstić information content (AvgIpc) is 3.22. The van der Waals surface area contributed by atoms with E-state index in [4.69, 9.17) is 5.84 Å². The molecule has 0 saturated heterocycles. The van der Waals surface area contributed by atoms with Gasteiger partial charge >= 0.3 is 0 Å². The number of thioether (sulfide) groups is 2. The molecule has 0 spiro atoms. The van der Waals surface area contributed by atoms with Crippen LogP contribution in [0.4, 0.5) is 0 Å². The van der Waals surface area contributed by atoms with Crippen LogP contribution < -0.4 is 11.2 Å². The second-order valence-electron chi connectivity index (χ2n) is 7.50. The molecule has 10 heteroatoms. The molecule has 0 fully saturated rings. The van der Waals surface area contributed by atoms with Crippen LogP contribution in [0.1, 0.15) is 31.0 Å². The third kappa shape index (κ3) is 7.26. The van der Waals surface area contributed by atoms with Crippen molar-refractivity contribution in [2.45, 2.75) is 36.6 Å². The maximum Gasteiger partial charge on any atom is 0.233 e. The molecule has 180 valence electrons. The second-order valence-corrected chi connectivity index (χ2v) is 9.38. The molecule has 3 N–H and O–H groups in total. The Morgan fingerprint density at radius 2 is 1.50 bits per heavy atom. The minimum absolute atomic E-state index is 0.0250. The fourth-order valence-corrected chi connectivity index (χ4v) is 4.89. The molecule has 0 aliphatic rings. The Morgan fingerprint density at radius 1 is 0.941 bits per heavy atom. The van der Waals surface area contributed by atoms with Crippen LogP contribution in [-0.2, 0) is 16.0 Å². The summed E-state index contributed by atoms with van der Waals surface area (Å²) >= 11 is 2.45. The monoisotopic (exact) mass is 498 g/mol. The number of benzene rings is 2. The molecule has 2 aromatic carbocycles. The maximum absolute atomic E-state index is 12.8. The zero-order valence-electron chi connectivity index (χ0n) is 19.4. The quantitative estimate of drug-likeness (QED) is 0.292. The van der Waals surface area contributed by atoms with E-state index < -0.39 is 0 Å². The zero-order chi connectivity index (χ0) is 24.3. The van der Waals surface area contributed by atoms with Gasteiger partial charge in [-0.3, -0.25) is 9.59 Å². The van der Waals surface area contributed by atoms with Gasteiger partial charge in [0.1, 0.15) is 0 Å². The van der Waals surface area contributed by atoms with Crippen LogP contribution in [0.15, 0.2) is 71.0 Å². The molecule has 0 bridgehead atoms. The van der Waals surface area contributed by atoms with Gasteiger partial charge in [-0.1, -0.05) is 84.2 Å². The molecule has 34 heavy (non-hydrogen) atoms. The number of nitrogens with zero attached hydrogens (tertiary/aromatic N) is 4. The number of hydrogen-bond acceptors (Lipinski definition) is 7. The Kier molecular flexibility index (Phi) is 9.84. The van der Waals surface area contributed by atoms with Gasteiger partial charge in [-0.25, -0.2) is 4.68 Å². The van der Waals surface area contributed by atoms with Crippen molar-refractivity contribution < 1.29 is 9.59 Å². The van der Waals surface area contributed by atoms with Crippen molar-refractivity contribution in [2.24, 2.45) is 0 Å². The second kappa shape index (κ2) is 13.0.